The Labute approximate surface area is 197 Å². The lowest BCUT2D eigenvalue weighted by Gasteiger charge is -2.59. The molecule has 0 unspecified atom stereocenters. The highest BCUT2D eigenvalue weighted by molar-refractivity contribution is 5.83. The van der Waals surface area contributed by atoms with Gasteiger partial charge >= 0.3 is 0 Å². The molecule has 33 heavy (non-hydrogen) atoms. The van der Waals surface area contributed by atoms with Gasteiger partial charge in [0.15, 0.2) is 11.5 Å². The topological polar surface area (TPSA) is 78.9 Å². The van der Waals surface area contributed by atoms with Gasteiger partial charge in [-0.15, -0.1) is 0 Å². The van der Waals surface area contributed by atoms with Gasteiger partial charge in [0, 0.05) is 12.1 Å². The molecule has 0 bridgehead atoms. The summed E-state index contributed by atoms with van der Waals surface area (Å²) in [5.41, 5.74) is 0.282. The molecule has 1 aromatic rings. The van der Waals surface area contributed by atoms with Gasteiger partial charge in [-0.1, -0.05) is 20.8 Å². The maximum Gasteiger partial charge on any atom is 0.162 e. The molecule has 11 atom stereocenters. The van der Waals surface area contributed by atoms with Crippen LogP contribution in [-0.4, -0.2) is 26.3 Å². The lowest BCUT2D eigenvalue weighted by atomic mass is 9.46. The van der Waals surface area contributed by atoms with E-state index in [4.69, 9.17) is 5.26 Å². The zero-order valence-electron chi connectivity index (χ0n) is 20.6. The molecule has 5 aliphatic carbocycles. The highest BCUT2D eigenvalue weighted by Gasteiger charge is 2.80. The first-order chi connectivity index (χ1) is 15.6. The molecule has 0 aliphatic heterocycles. The van der Waals surface area contributed by atoms with E-state index in [2.05, 4.69) is 31.9 Å². The van der Waals surface area contributed by atoms with E-state index in [9.17, 15) is 9.90 Å². The van der Waals surface area contributed by atoms with Gasteiger partial charge in [0.05, 0.1) is 12.1 Å². The van der Waals surface area contributed by atoms with Crippen LogP contribution in [0.15, 0.2) is 12.3 Å². The summed E-state index contributed by atoms with van der Waals surface area (Å²) < 4.78 is 1.67. The first kappa shape index (κ1) is 21.8. The third-order valence-electron chi connectivity index (χ3n) is 11.7. The second-order valence-corrected chi connectivity index (χ2v) is 13.2. The molecule has 1 aromatic heterocycles. The highest BCUT2D eigenvalue weighted by atomic mass is 16.3. The normalized spacial score (nSPS) is 52.1. The van der Waals surface area contributed by atoms with Crippen LogP contribution in [0.3, 0.4) is 0 Å². The summed E-state index contributed by atoms with van der Waals surface area (Å²) in [6, 6.07) is 3.77. The van der Waals surface area contributed by atoms with Crippen molar-refractivity contribution in [2.45, 2.75) is 84.8 Å². The van der Waals surface area contributed by atoms with Crippen LogP contribution in [0.25, 0.3) is 0 Å². The molecule has 178 valence electrons. The van der Waals surface area contributed by atoms with E-state index in [1.807, 2.05) is 6.92 Å². The molecule has 1 N–H and O–H groups in total. The predicted molar refractivity (Wildman–Crippen MR) is 125 cm³/mol. The molecule has 5 fully saturated rings. The van der Waals surface area contributed by atoms with E-state index >= 15 is 0 Å². The van der Waals surface area contributed by atoms with Crippen molar-refractivity contribution < 1.29 is 9.90 Å². The molecule has 5 aliphatic rings. The van der Waals surface area contributed by atoms with Crippen LogP contribution in [0.1, 0.15) is 78.3 Å². The number of carbonyl (C=O) groups is 1. The number of aromatic nitrogens is 2. The van der Waals surface area contributed by atoms with E-state index in [-0.39, 0.29) is 16.7 Å². The first-order valence-electron chi connectivity index (χ1n) is 13.3. The number of Topliss-reactive ketones (excluding diaryl/α,β-unsaturated/α-hetero) is 1. The second kappa shape index (κ2) is 6.94. The minimum absolute atomic E-state index is 0.0857. The number of hydrogen-bond donors (Lipinski definition) is 1. The van der Waals surface area contributed by atoms with Crippen LogP contribution >= 0.6 is 0 Å². The zero-order valence-corrected chi connectivity index (χ0v) is 20.6. The number of aliphatic hydroxyl groups is 1. The Balaban J connectivity index is 1.28. The van der Waals surface area contributed by atoms with Gasteiger partial charge in [-0.3, -0.25) is 9.48 Å². The molecular formula is C28H39N3O2. The molecule has 5 nitrogen and oxygen atoms in total. The largest absolute Gasteiger partial charge is 0.390 e. The first-order valence-corrected chi connectivity index (χ1v) is 13.3. The fraction of sp³-hybridized carbons (Fsp3) is 0.821. The van der Waals surface area contributed by atoms with Crippen LogP contribution < -0.4 is 0 Å². The maximum atomic E-state index is 13.8. The second-order valence-electron chi connectivity index (χ2n) is 13.2. The number of nitrogens with zero attached hydrogens (tertiary/aromatic N) is 3. The molecule has 0 aromatic carbocycles. The third kappa shape index (κ3) is 2.92. The maximum absolute atomic E-state index is 13.8. The fourth-order valence-corrected chi connectivity index (χ4v) is 10.5. The van der Waals surface area contributed by atoms with Gasteiger partial charge in [-0.2, -0.15) is 10.4 Å². The molecule has 1 heterocycles. The zero-order chi connectivity index (χ0) is 23.3. The van der Waals surface area contributed by atoms with Crippen molar-refractivity contribution in [2.75, 3.05) is 0 Å². The lowest BCUT2D eigenvalue weighted by Crippen LogP contribution is -2.53. The average molecular weight is 450 g/mol. The Kier molecular flexibility index (Phi) is 4.59. The molecule has 0 spiro atoms. The molecule has 5 saturated carbocycles. The number of rotatable bonds is 3. The van der Waals surface area contributed by atoms with Crippen LogP contribution in [-0.2, 0) is 11.3 Å². The summed E-state index contributed by atoms with van der Waals surface area (Å²) in [5, 5.41) is 24.1. The van der Waals surface area contributed by atoms with Crippen molar-refractivity contribution in [1.82, 2.24) is 9.78 Å². The Morgan fingerprint density at radius 2 is 1.94 bits per heavy atom. The highest BCUT2D eigenvalue weighted by Crippen LogP contribution is 2.83. The third-order valence-corrected chi connectivity index (χ3v) is 11.7. The quantitative estimate of drug-likeness (QED) is 0.716. The Morgan fingerprint density at radius 1 is 1.18 bits per heavy atom. The van der Waals surface area contributed by atoms with E-state index in [1.54, 1.807) is 16.9 Å². The summed E-state index contributed by atoms with van der Waals surface area (Å²) in [6.45, 7) is 9.67. The number of ketones is 1. The molecule has 0 radical (unpaired) electrons. The Hall–Kier alpha value is -1.67. The standard InChI is InChI=1S/C28H39N3O2/c1-16-23-24(22(32)15-31-12-9-18(14-29)30-31)27(3)11-8-20-19-7-10-26(2,33)13-17(19)5-6-21(20)25(27)28(16,23)4/h9,12,16-17,19-21,23-25,33H,5-8,10-11,13,15H2,1-4H3/t16-,17-,19+,20-,21-,23-,24+,25+,26-,27-,28-/m1/s1. The van der Waals surface area contributed by atoms with Crippen molar-refractivity contribution in [3.63, 3.8) is 0 Å². The van der Waals surface area contributed by atoms with Crippen molar-refractivity contribution in [2.24, 2.45) is 58.2 Å². The number of carbonyl (C=O) groups excluding carboxylic acids is 1. The molecular weight excluding hydrogens is 410 g/mol. The van der Waals surface area contributed by atoms with Crippen LogP contribution in [0.2, 0.25) is 0 Å². The smallest absolute Gasteiger partial charge is 0.162 e. The van der Waals surface area contributed by atoms with Crippen LogP contribution in [0, 0.1) is 69.5 Å². The van der Waals surface area contributed by atoms with Crippen molar-refractivity contribution in [3.05, 3.63) is 18.0 Å². The molecule has 0 saturated heterocycles. The van der Waals surface area contributed by atoms with Crippen molar-refractivity contribution in [1.29, 1.82) is 5.26 Å². The number of hydrogen-bond acceptors (Lipinski definition) is 4. The summed E-state index contributed by atoms with van der Waals surface area (Å²) in [5.74, 6) is 5.15. The molecule has 6 rings (SSSR count). The van der Waals surface area contributed by atoms with Crippen LogP contribution in [0.5, 0.6) is 0 Å². The van der Waals surface area contributed by atoms with E-state index in [0.717, 1.165) is 37.0 Å². The Bertz CT molecular complexity index is 1020. The fourth-order valence-electron chi connectivity index (χ4n) is 10.5. The van der Waals surface area contributed by atoms with Gasteiger partial charge < -0.3 is 5.11 Å². The van der Waals surface area contributed by atoms with Gasteiger partial charge in [0.2, 0.25) is 0 Å². The van der Waals surface area contributed by atoms with E-state index < -0.39 is 5.60 Å². The van der Waals surface area contributed by atoms with Gasteiger partial charge in [0.25, 0.3) is 0 Å². The predicted octanol–water partition coefficient (Wildman–Crippen LogP) is 4.84. The Morgan fingerprint density at radius 3 is 2.67 bits per heavy atom. The van der Waals surface area contributed by atoms with Gasteiger partial charge in [-0.05, 0) is 110 Å². The summed E-state index contributed by atoms with van der Waals surface area (Å²) in [7, 11) is 0. The minimum atomic E-state index is -0.470. The molecule has 0 amide bonds. The monoisotopic (exact) mass is 449 g/mol. The van der Waals surface area contributed by atoms with E-state index in [0.29, 0.717) is 41.7 Å². The van der Waals surface area contributed by atoms with Gasteiger partial charge in [0.1, 0.15) is 6.07 Å². The van der Waals surface area contributed by atoms with Crippen molar-refractivity contribution in [3.8, 4) is 6.07 Å². The van der Waals surface area contributed by atoms with Crippen molar-refractivity contribution >= 4 is 5.78 Å². The summed E-state index contributed by atoms with van der Waals surface area (Å²) in [6.07, 6.45) is 9.84. The summed E-state index contributed by atoms with van der Waals surface area (Å²) >= 11 is 0. The lowest BCUT2D eigenvalue weighted by molar-refractivity contribution is -0.139. The SMILES string of the molecule is C[C@@H]1[C@@H]2[C@H](C(=O)Cn3ccc(C#N)n3)[C@@]3(C)CC[C@H]4[C@@H](CC[C@@H]5C[C@](C)(O)CC[C@@H]54)[C@@H]3[C@@]21C. The van der Waals surface area contributed by atoms with Crippen LogP contribution in [0.4, 0.5) is 0 Å². The summed E-state index contributed by atoms with van der Waals surface area (Å²) in [4.78, 5) is 13.8. The number of nitriles is 1. The number of fused-ring (bicyclic) bond motifs is 7. The average Bonchev–Trinajstić information content (AvgIpc) is 3.08. The van der Waals surface area contributed by atoms with E-state index in [1.165, 1.54) is 25.7 Å². The van der Waals surface area contributed by atoms with Gasteiger partial charge in [-0.25, -0.2) is 0 Å². The molecule has 5 heteroatoms. The minimum Gasteiger partial charge on any atom is -0.390 e.